The van der Waals surface area contributed by atoms with Crippen LogP contribution in [-0.2, 0) is 0 Å². The molecule has 12 heavy (non-hydrogen) atoms. The molecule has 0 nitrogen and oxygen atoms in total. The van der Waals surface area contributed by atoms with E-state index in [1.165, 1.54) is 19.3 Å². The van der Waals surface area contributed by atoms with Gasteiger partial charge < -0.3 is 0 Å². The summed E-state index contributed by atoms with van der Waals surface area (Å²) in [6, 6.07) is 0. The molecule has 0 spiro atoms. The average molecular weight is 164 g/mol. The molecule has 2 bridgehead atoms. The molecule has 0 heterocycles. The third kappa shape index (κ3) is 1.57. The largest absolute Gasteiger partial charge is 0.0851 e. The van der Waals surface area contributed by atoms with Gasteiger partial charge in [-0.1, -0.05) is 32.9 Å². The van der Waals surface area contributed by atoms with Gasteiger partial charge in [0.25, 0.3) is 0 Å². The molecule has 2 aliphatic carbocycles. The molecule has 1 fully saturated rings. The van der Waals surface area contributed by atoms with Crippen molar-refractivity contribution in [3.05, 3.63) is 12.2 Å². The van der Waals surface area contributed by atoms with Gasteiger partial charge in [0.2, 0.25) is 0 Å². The summed E-state index contributed by atoms with van der Waals surface area (Å²) in [5, 5.41) is 0. The molecule has 68 valence electrons. The van der Waals surface area contributed by atoms with Gasteiger partial charge in [-0.25, -0.2) is 0 Å². The second-order valence-corrected chi connectivity index (χ2v) is 5.81. The standard InChI is InChI=1S/C12H20/c1-12(2,3)8-11-7-9-4-5-10(11)6-9/h4-5,9-11H,6-8H2,1-3H3/t9-,10+,11?/m0/s1. The monoisotopic (exact) mass is 164 g/mol. The summed E-state index contributed by atoms with van der Waals surface area (Å²) < 4.78 is 0. The Labute approximate surface area is 76.1 Å². The Morgan fingerprint density at radius 2 is 1.92 bits per heavy atom. The lowest BCUT2D eigenvalue weighted by Crippen LogP contribution is -2.16. The lowest BCUT2D eigenvalue weighted by molar-refractivity contribution is 0.266. The Morgan fingerprint density at radius 3 is 2.33 bits per heavy atom. The molecular formula is C12H20. The topological polar surface area (TPSA) is 0 Å². The Hall–Kier alpha value is -0.260. The Bertz CT molecular complexity index is 195. The minimum absolute atomic E-state index is 0.531. The zero-order chi connectivity index (χ0) is 8.77. The third-order valence-corrected chi connectivity index (χ3v) is 3.29. The van der Waals surface area contributed by atoms with Gasteiger partial charge >= 0.3 is 0 Å². The van der Waals surface area contributed by atoms with Crippen LogP contribution in [0.4, 0.5) is 0 Å². The van der Waals surface area contributed by atoms with Gasteiger partial charge in [0.1, 0.15) is 0 Å². The first-order valence-corrected chi connectivity index (χ1v) is 5.23. The second-order valence-electron chi connectivity index (χ2n) is 5.81. The van der Waals surface area contributed by atoms with Gasteiger partial charge in [-0.05, 0) is 42.4 Å². The number of fused-ring (bicyclic) bond motifs is 2. The van der Waals surface area contributed by atoms with Crippen molar-refractivity contribution in [1.82, 2.24) is 0 Å². The molecule has 1 unspecified atom stereocenters. The van der Waals surface area contributed by atoms with Gasteiger partial charge in [-0.2, -0.15) is 0 Å². The maximum absolute atomic E-state index is 2.46. The van der Waals surface area contributed by atoms with E-state index in [9.17, 15) is 0 Å². The number of hydrogen-bond donors (Lipinski definition) is 0. The van der Waals surface area contributed by atoms with Gasteiger partial charge in [0, 0.05) is 0 Å². The van der Waals surface area contributed by atoms with E-state index >= 15 is 0 Å². The molecule has 0 aliphatic heterocycles. The van der Waals surface area contributed by atoms with Crippen LogP contribution in [0.25, 0.3) is 0 Å². The first-order valence-electron chi connectivity index (χ1n) is 5.23. The van der Waals surface area contributed by atoms with Crippen LogP contribution >= 0.6 is 0 Å². The highest BCUT2D eigenvalue weighted by Gasteiger charge is 2.37. The number of allylic oxidation sites excluding steroid dienone is 2. The lowest BCUT2D eigenvalue weighted by atomic mass is 9.79. The van der Waals surface area contributed by atoms with E-state index in [1.54, 1.807) is 0 Å². The van der Waals surface area contributed by atoms with E-state index in [2.05, 4.69) is 32.9 Å². The normalized spacial score (nSPS) is 39.4. The van der Waals surface area contributed by atoms with Crippen molar-refractivity contribution in [3.8, 4) is 0 Å². The number of rotatable bonds is 1. The summed E-state index contributed by atoms with van der Waals surface area (Å²) in [6.07, 6.45) is 9.24. The molecule has 0 aromatic carbocycles. The first kappa shape index (κ1) is 8.34. The molecule has 3 atom stereocenters. The van der Waals surface area contributed by atoms with Crippen LogP contribution in [0.15, 0.2) is 12.2 Å². The SMILES string of the molecule is CC(C)(C)CC1C[C@H]2C=C[C@@H]1C2. The van der Waals surface area contributed by atoms with E-state index in [0.29, 0.717) is 5.41 Å². The Kier molecular flexibility index (Phi) is 1.82. The highest BCUT2D eigenvalue weighted by Crippen LogP contribution is 2.47. The van der Waals surface area contributed by atoms with E-state index in [4.69, 9.17) is 0 Å². The zero-order valence-corrected chi connectivity index (χ0v) is 8.51. The minimum atomic E-state index is 0.531. The summed E-state index contributed by atoms with van der Waals surface area (Å²) in [6.45, 7) is 7.09. The molecule has 0 amide bonds. The smallest absolute Gasteiger partial charge is 0.0199 e. The van der Waals surface area contributed by atoms with Crippen LogP contribution in [0, 0.1) is 23.2 Å². The minimum Gasteiger partial charge on any atom is -0.0851 e. The molecular weight excluding hydrogens is 144 g/mol. The number of hydrogen-bond acceptors (Lipinski definition) is 0. The van der Waals surface area contributed by atoms with Crippen molar-refractivity contribution in [1.29, 1.82) is 0 Å². The highest BCUT2D eigenvalue weighted by molar-refractivity contribution is 5.10. The predicted molar refractivity (Wildman–Crippen MR) is 52.9 cm³/mol. The quantitative estimate of drug-likeness (QED) is 0.519. The molecule has 0 radical (unpaired) electrons. The maximum Gasteiger partial charge on any atom is -0.0199 e. The molecule has 2 rings (SSSR count). The fourth-order valence-electron chi connectivity index (χ4n) is 2.92. The fraction of sp³-hybridized carbons (Fsp3) is 0.833. The average Bonchev–Trinajstić information content (AvgIpc) is 2.42. The predicted octanol–water partition coefficient (Wildman–Crippen LogP) is 3.63. The van der Waals surface area contributed by atoms with Crippen molar-refractivity contribution >= 4 is 0 Å². The lowest BCUT2D eigenvalue weighted by Gasteiger charge is -2.26. The molecule has 0 aromatic rings. The second kappa shape index (κ2) is 2.61. The van der Waals surface area contributed by atoms with Gasteiger partial charge in [0.15, 0.2) is 0 Å². The first-order chi connectivity index (χ1) is 5.54. The van der Waals surface area contributed by atoms with Gasteiger partial charge in [-0.3, -0.25) is 0 Å². The van der Waals surface area contributed by atoms with Crippen LogP contribution in [0.5, 0.6) is 0 Å². The van der Waals surface area contributed by atoms with Crippen LogP contribution in [0.1, 0.15) is 40.0 Å². The van der Waals surface area contributed by atoms with E-state index in [0.717, 1.165) is 17.8 Å². The van der Waals surface area contributed by atoms with E-state index in [1.807, 2.05) is 0 Å². The third-order valence-electron chi connectivity index (χ3n) is 3.29. The highest BCUT2D eigenvalue weighted by atomic mass is 14.4. The van der Waals surface area contributed by atoms with Crippen molar-refractivity contribution in [3.63, 3.8) is 0 Å². The van der Waals surface area contributed by atoms with Crippen LogP contribution in [0.3, 0.4) is 0 Å². The zero-order valence-electron chi connectivity index (χ0n) is 8.51. The van der Waals surface area contributed by atoms with Crippen molar-refractivity contribution in [2.75, 3.05) is 0 Å². The maximum atomic E-state index is 2.46. The summed E-state index contributed by atoms with van der Waals surface area (Å²) in [5.74, 6) is 2.89. The summed E-state index contributed by atoms with van der Waals surface area (Å²) >= 11 is 0. The Balaban J connectivity index is 1.96. The van der Waals surface area contributed by atoms with Crippen LogP contribution < -0.4 is 0 Å². The van der Waals surface area contributed by atoms with E-state index in [-0.39, 0.29) is 0 Å². The van der Waals surface area contributed by atoms with Crippen molar-refractivity contribution < 1.29 is 0 Å². The summed E-state index contributed by atoms with van der Waals surface area (Å²) in [5.41, 5.74) is 0.531. The molecule has 0 N–H and O–H groups in total. The van der Waals surface area contributed by atoms with Crippen molar-refractivity contribution in [2.45, 2.75) is 40.0 Å². The van der Waals surface area contributed by atoms with E-state index < -0.39 is 0 Å². The van der Waals surface area contributed by atoms with Gasteiger partial charge in [-0.15, -0.1) is 0 Å². The fourth-order valence-corrected chi connectivity index (χ4v) is 2.92. The molecule has 2 aliphatic rings. The molecule has 0 saturated heterocycles. The Morgan fingerprint density at radius 1 is 1.17 bits per heavy atom. The molecule has 1 saturated carbocycles. The summed E-state index contributed by atoms with van der Waals surface area (Å²) in [7, 11) is 0. The van der Waals surface area contributed by atoms with Gasteiger partial charge in [0.05, 0.1) is 0 Å². The van der Waals surface area contributed by atoms with Crippen LogP contribution in [-0.4, -0.2) is 0 Å². The van der Waals surface area contributed by atoms with Crippen molar-refractivity contribution in [2.24, 2.45) is 23.2 Å². The summed E-state index contributed by atoms with van der Waals surface area (Å²) in [4.78, 5) is 0. The molecule has 0 aromatic heterocycles. The van der Waals surface area contributed by atoms with Crippen LogP contribution in [0.2, 0.25) is 0 Å². The molecule has 0 heteroatoms.